The first-order valence-corrected chi connectivity index (χ1v) is 7.92. The van der Waals surface area contributed by atoms with Gasteiger partial charge in [0.2, 0.25) is 0 Å². The minimum Gasteiger partial charge on any atom is -0.493 e. The van der Waals surface area contributed by atoms with E-state index in [0.717, 1.165) is 17.9 Å². The van der Waals surface area contributed by atoms with E-state index in [1.807, 2.05) is 0 Å². The first-order chi connectivity index (χ1) is 9.13. The fourth-order valence-corrected chi connectivity index (χ4v) is 3.06. The Bertz CT molecular complexity index is 391. The number of rotatable bonds is 8. The maximum atomic E-state index is 5.38. The van der Waals surface area contributed by atoms with Crippen LogP contribution in [-0.2, 0) is 0 Å². The lowest BCUT2D eigenvalue weighted by molar-refractivity contribution is 0.354. The van der Waals surface area contributed by atoms with E-state index in [4.69, 9.17) is 9.47 Å². The average Bonchev–Trinajstić information content (AvgIpc) is 2.42. The monoisotopic (exact) mass is 328 g/mol. The van der Waals surface area contributed by atoms with Crippen LogP contribution in [0.5, 0.6) is 11.5 Å². The second-order valence-corrected chi connectivity index (χ2v) is 5.99. The van der Waals surface area contributed by atoms with Crippen molar-refractivity contribution < 1.29 is 9.47 Å². The first kappa shape index (κ1) is 16.4. The lowest BCUT2D eigenvalue weighted by Gasteiger charge is -2.16. The summed E-state index contributed by atoms with van der Waals surface area (Å²) in [7, 11) is 3.36. The number of methoxy groups -OCH3 is 2. The summed E-state index contributed by atoms with van der Waals surface area (Å²) in [6, 6.07) is 4.14. The molecular formula is C16H25BrO2. The lowest BCUT2D eigenvalue weighted by Crippen LogP contribution is -1.98. The van der Waals surface area contributed by atoms with Crippen molar-refractivity contribution in [3.05, 3.63) is 23.3 Å². The van der Waals surface area contributed by atoms with Crippen molar-refractivity contribution in [3.8, 4) is 11.5 Å². The molecule has 1 aromatic carbocycles. The molecule has 0 fully saturated rings. The van der Waals surface area contributed by atoms with Gasteiger partial charge < -0.3 is 9.47 Å². The maximum Gasteiger partial charge on any atom is 0.161 e. The van der Waals surface area contributed by atoms with Crippen molar-refractivity contribution in [3.63, 3.8) is 0 Å². The lowest BCUT2D eigenvalue weighted by atomic mass is 10.0. The Labute approximate surface area is 125 Å². The summed E-state index contributed by atoms with van der Waals surface area (Å²) in [5, 5.41) is 0. The number of alkyl halides is 1. The zero-order valence-corrected chi connectivity index (χ0v) is 14.0. The van der Waals surface area contributed by atoms with Gasteiger partial charge in [-0.2, -0.15) is 0 Å². The van der Waals surface area contributed by atoms with Gasteiger partial charge in [0, 0.05) is 4.83 Å². The Kier molecular flexibility index (Phi) is 7.29. The molecule has 2 nitrogen and oxygen atoms in total. The van der Waals surface area contributed by atoms with E-state index in [1.165, 1.54) is 36.8 Å². The quantitative estimate of drug-likeness (QED) is 0.468. The van der Waals surface area contributed by atoms with Gasteiger partial charge in [0.15, 0.2) is 11.5 Å². The smallest absolute Gasteiger partial charge is 0.161 e. The third-order valence-corrected chi connectivity index (χ3v) is 4.37. The predicted molar refractivity (Wildman–Crippen MR) is 84.7 cm³/mol. The Morgan fingerprint density at radius 1 is 1.05 bits per heavy atom. The van der Waals surface area contributed by atoms with Crippen molar-refractivity contribution in [1.82, 2.24) is 0 Å². The summed E-state index contributed by atoms with van der Waals surface area (Å²) in [6.07, 6.45) is 6.34. The summed E-state index contributed by atoms with van der Waals surface area (Å²) < 4.78 is 10.7. The fourth-order valence-electron chi connectivity index (χ4n) is 2.24. The van der Waals surface area contributed by atoms with Crippen molar-refractivity contribution in [2.75, 3.05) is 14.2 Å². The molecule has 0 aromatic heterocycles. The number of unbranched alkanes of at least 4 members (excludes halogenated alkanes) is 3. The number of halogens is 1. The van der Waals surface area contributed by atoms with Gasteiger partial charge in [0.1, 0.15) is 0 Å². The van der Waals surface area contributed by atoms with Gasteiger partial charge in [-0.15, -0.1) is 0 Å². The molecule has 108 valence electrons. The Morgan fingerprint density at radius 3 is 2.26 bits per heavy atom. The van der Waals surface area contributed by atoms with Crippen LogP contribution in [0.25, 0.3) is 0 Å². The van der Waals surface area contributed by atoms with Crippen LogP contribution in [0.3, 0.4) is 0 Å². The van der Waals surface area contributed by atoms with E-state index in [2.05, 4.69) is 41.9 Å². The molecular weight excluding hydrogens is 304 g/mol. The molecule has 0 aliphatic rings. The molecule has 0 spiro atoms. The molecule has 0 saturated carbocycles. The summed E-state index contributed by atoms with van der Waals surface area (Å²) in [6.45, 7) is 4.36. The van der Waals surface area contributed by atoms with Crippen molar-refractivity contribution in [2.24, 2.45) is 0 Å². The van der Waals surface area contributed by atoms with Gasteiger partial charge in [-0.1, -0.05) is 48.5 Å². The minimum atomic E-state index is 0.393. The highest BCUT2D eigenvalue weighted by Crippen LogP contribution is 2.37. The van der Waals surface area contributed by atoms with Gasteiger partial charge in [0.25, 0.3) is 0 Å². The van der Waals surface area contributed by atoms with Gasteiger partial charge in [-0.3, -0.25) is 0 Å². The van der Waals surface area contributed by atoms with Crippen LogP contribution < -0.4 is 9.47 Å². The van der Waals surface area contributed by atoms with Crippen LogP contribution in [0.4, 0.5) is 0 Å². The molecule has 0 amide bonds. The second kappa shape index (κ2) is 8.47. The van der Waals surface area contributed by atoms with Gasteiger partial charge >= 0.3 is 0 Å². The van der Waals surface area contributed by atoms with Crippen LogP contribution in [0.1, 0.15) is 55.0 Å². The van der Waals surface area contributed by atoms with E-state index >= 15 is 0 Å². The number of hydrogen-bond donors (Lipinski definition) is 0. The normalized spacial score (nSPS) is 12.3. The molecule has 0 heterocycles. The molecule has 3 heteroatoms. The van der Waals surface area contributed by atoms with Crippen molar-refractivity contribution in [1.29, 1.82) is 0 Å². The molecule has 1 rings (SSSR count). The maximum absolute atomic E-state index is 5.38. The molecule has 0 aliphatic heterocycles. The molecule has 1 unspecified atom stereocenters. The summed E-state index contributed by atoms with van der Waals surface area (Å²) in [5.74, 6) is 1.61. The van der Waals surface area contributed by atoms with Crippen molar-refractivity contribution in [2.45, 2.75) is 50.8 Å². The molecule has 1 aromatic rings. The standard InChI is InChI=1S/C16H25BrO2/c1-5-6-7-8-9-14(17)13-11-16(19-4)15(18-3)10-12(13)2/h10-11,14H,5-9H2,1-4H3. The molecule has 1 atom stereocenters. The summed E-state index contributed by atoms with van der Waals surface area (Å²) in [5.41, 5.74) is 2.55. The highest BCUT2D eigenvalue weighted by Gasteiger charge is 2.14. The highest BCUT2D eigenvalue weighted by molar-refractivity contribution is 9.09. The topological polar surface area (TPSA) is 18.5 Å². The number of aryl methyl sites for hydroxylation is 1. The third kappa shape index (κ3) is 4.72. The molecule has 19 heavy (non-hydrogen) atoms. The highest BCUT2D eigenvalue weighted by atomic mass is 79.9. The second-order valence-electron chi connectivity index (χ2n) is 4.88. The van der Waals surface area contributed by atoms with Crippen LogP contribution in [0, 0.1) is 6.92 Å². The van der Waals surface area contributed by atoms with E-state index in [1.54, 1.807) is 14.2 Å². The van der Waals surface area contributed by atoms with E-state index in [9.17, 15) is 0 Å². The van der Waals surface area contributed by atoms with Gasteiger partial charge in [-0.05, 0) is 36.6 Å². The number of hydrogen-bond acceptors (Lipinski definition) is 2. The molecule has 0 radical (unpaired) electrons. The average molecular weight is 329 g/mol. The van der Waals surface area contributed by atoms with Crippen LogP contribution >= 0.6 is 15.9 Å². The summed E-state index contributed by atoms with van der Waals surface area (Å²) in [4.78, 5) is 0.393. The first-order valence-electron chi connectivity index (χ1n) is 7.00. The third-order valence-electron chi connectivity index (χ3n) is 3.42. The molecule has 0 aliphatic carbocycles. The minimum absolute atomic E-state index is 0.393. The zero-order chi connectivity index (χ0) is 14.3. The van der Waals surface area contributed by atoms with Gasteiger partial charge in [-0.25, -0.2) is 0 Å². The Balaban J connectivity index is 2.76. The SMILES string of the molecule is CCCCCCC(Br)c1cc(OC)c(OC)cc1C. The molecule has 0 N–H and O–H groups in total. The van der Waals surface area contributed by atoms with Crippen LogP contribution in [0.15, 0.2) is 12.1 Å². The Morgan fingerprint density at radius 2 is 1.68 bits per heavy atom. The summed E-state index contributed by atoms with van der Waals surface area (Å²) >= 11 is 3.80. The predicted octanol–water partition coefficient (Wildman–Crippen LogP) is 5.42. The fraction of sp³-hybridized carbons (Fsp3) is 0.625. The van der Waals surface area contributed by atoms with Crippen molar-refractivity contribution >= 4 is 15.9 Å². The van der Waals surface area contributed by atoms with Crippen LogP contribution in [0.2, 0.25) is 0 Å². The van der Waals surface area contributed by atoms with E-state index < -0.39 is 0 Å². The van der Waals surface area contributed by atoms with E-state index in [-0.39, 0.29) is 0 Å². The van der Waals surface area contributed by atoms with Gasteiger partial charge in [0.05, 0.1) is 14.2 Å². The largest absolute Gasteiger partial charge is 0.493 e. The Hall–Kier alpha value is -0.700. The number of benzene rings is 1. The zero-order valence-electron chi connectivity index (χ0n) is 12.5. The number of ether oxygens (including phenoxy) is 2. The molecule has 0 bridgehead atoms. The molecule has 0 saturated heterocycles. The van der Waals surface area contributed by atoms with E-state index in [0.29, 0.717) is 4.83 Å². The van der Waals surface area contributed by atoms with Crippen LogP contribution in [-0.4, -0.2) is 14.2 Å².